The Morgan fingerprint density at radius 3 is 1.16 bits per heavy atom. The van der Waals surface area contributed by atoms with Crippen LogP contribution in [-0.2, 0) is 52.3 Å². The minimum atomic E-state index is -1.35. The largest absolute Gasteiger partial charge is 0.460 e. The molecule has 208 valence electrons. The molecule has 0 aromatic rings. The maximum absolute atomic E-state index is 12.0. The fourth-order valence-corrected chi connectivity index (χ4v) is 2.24. The maximum Gasteiger partial charge on any atom is 0.333 e. The first kappa shape index (κ1) is 33.7. The monoisotopic (exact) mass is 526 g/mol. The van der Waals surface area contributed by atoms with Crippen LogP contribution in [0.2, 0.25) is 0 Å². The molecule has 0 aliphatic rings. The van der Waals surface area contributed by atoms with E-state index < -0.39 is 29.5 Å². The molecule has 0 amide bonds. The number of hydrogen-bond donors (Lipinski definition) is 0. The molecule has 0 aromatic carbocycles. The third kappa shape index (κ3) is 15.4. The van der Waals surface area contributed by atoms with Crippen LogP contribution in [0.25, 0.3) is 0 Å². The van der Waals surface area contributed by atoms with Crippen LogP contribution in [0.3, 0.4) is 0 Å². The predicted octanol–water partition coefficient (Wildman–Crippen LogP) is 2.25. The first-order chi connectivity index (χ1) is 17.3. The summed E-state index contributed by atoms with van der Waals surface area (Å²) in [6.07, 6.45) is 0. The van der Waals surface area contributed by atoms with Crippen molar-refractivity contribution in [3.63, 3.8) is 0 Å². The van der Waals surface area contributed by atoms with Crippen molar-refractivity contribution in [2.45, 2.75) is 33.3 Å². The van der Waals surface area contributed by atoms with Gasteiger partial charge in [0.25, 0.3) is 0 Å². The lowest BCUT2D eigenvalue weighted by Gasteiger charge is -2.33. The molecule has 0 fully saturated rings. The van der Waals surface area contributed by atoms with Crippen molar-refractivity contribution < 1.29 is 52.3 Å². The summed E-state index contributed by atoms with van der Waals surface area (Å²) < 4.78 is 37.5. The van der Waals surface area contributed by atoms with Gasteiger partial charge in [-0.05, 0) is 27.7 Å². The normalized spacial score (nSPS) is 10.7. The van der Waals surface area contributed by atoms with E-state index in [0.717, 1.165) is 0 Å². The van der Waals surface area contributed by atoms with E-state index >= 15 is 0 Å². The molecule has 11 heteroatoms. The number of carbonyl (C=O) groups excluding carboxylic acids is 4. The molecule has 0 N–H and O–H groups in total. The quantitative estimate of drug-likeness (QED) is 0.100. The molecule has 11 nitrogen and oxygen atoms in total. The summed E-state index contributed by atoms with van der Waals surface area (Å²) in [5.41, 5.74) is -0.465. The summed E-state index contributed by atoms with van der Waals surface area (Å²) in [5.74, 6) is -2.37. The second-order valence-electron chi connectivity index (χ2n) is 8.24. The molecule has 0 aromatic heterocycles. The zero-order valence-corrected chi connectivity index (χ0v) is 22.2. The van der Waals surface area contributed by atoms with Gasteiger partial charge in [0.2, 0.25) is 0 Å². The van der Waals surface area contributed by atoms with E-state index in [0.29, 0.717) is 0 Å². The summed E-state index contributed by atoms with van der Waals surface area (Å²) in [6.45, 7) is 19.2. The Morgan fingerprint density at radius 2 is 0.811 bits per heavy atom. The molecule has 0 spiro atoms. The Balaban J connectivity index is 5.31. The van der Waals surface area contributed by atoms with Crippen LogP contribution >= 0.6 is 0 Å². The zero-order chi connectivity index (χ0) is 28.4. The predicted molar refractivity (Wildman–Crippen MR) is 133 cm³/mol. The average Bonchev–Trinajstić information content (AvgIpc) is 2.83. The minimum absolute atomic E-state index is 0.000564. The van der Waals surface area contributed by atoms with Gasteiger partial charge in [0.05, 0.1) is 33.0 Å². The van der Waals surface area contributed by atoms with Gasteiger partial charge in [-0.1, -0.05) is 26.3 Å². The number of carbonyl (C=O) groups is 4. The van der Waals surface area contributed by atoms with E-state index in [4.69, 9.17) is 33.2 Å². The lowest BCUT2D eigenvalue weighted by Crippen LogP contribution is -2.49. The van der Waals surface area contributed by atoms with Crippen molar-refractivity contribution in [3.8, 4) is 0 Å². The number of rotatable bonds is 20. The SMILES string of the molecule is C=C(C)C(=O)OCCOCC(COCCOC(=O)C(=C)C)(COC(=O)C(=C)C)OCCOC(=O)C(=C)C. The first-order valence-electron chi connectivity index (χ1n) is 11.4. The van der Waals surface area contributed by atoms with E-state index in [2.05, 4.69) is 26.3 Å². The maximum atomic E-state index is 12.0. The highest BCUT2D eigenvalue weighted by molar-refractivity contribution is 5.88. The minimum Gasteiger partial charge on any atom is -0.460 e. The average molecular weight is 527 g/mol. The third-order valence-electron chi connectivity index (χ3n) is 4.24. The van der Waals surface area contributed by atoms with Gasteiger partial charge >= 0.3 is 23.9 Å². The van der Waals surface area contributed by atoms with Gasteiger partial charge in [-0.2, -0.15) is 0 Å². The topological polar surface area (TPSA) is 133 Å². The van der Waals surface area contributed by atoms with E-state index in [1.165, 1.54) is 27.7 Å². The van der Waals surface area contributed by atoms with Crippen LogP contribution in [0.15, 0.2) is 48.6 Å². The Kier molecular flexibility index (Phi) is 16.4. The van der Waals surface area contributed by atoms with E-state index in [1.54, 1.807) is 0 Å². The summed E-state index contributed by atoms with van der Waals surface area (Å²) in [6, 6.07) is 0. The lowest BCUT2D eigenvalue weighted by atomic mass is 10.1. The van der Waals surface area contributed by atoms with Gasteiger partial charge in [0.1, 0.15) is 32.0 Å². The van der Waals surface area contributed by atoms with Crippen molar-refractivity contribution in [2.75, 3.05) is 59.5 Å². The molecule has 0 saturated heterocycles. The van der Waals surface area contributed by atoms with Crippen LogP contribution in [0.1, 0.15) is 27.7 Å². The summed E-state index contributed by atoms with van der Waals surface area (Å²) in [7, 11) is 0. The van der Waals surface area contributed by atoms with Crippen molar-refractivity contribution in [1.29, 1.82) is 0 Å². The van der Waals surface area contributed by atoms with Crippen LogP contribution in [0.4, 0.5) is 0 Å². The fraction of sp³-hybridized carbons (Fsp3) is 0.538. The van der Waals surface area contributed by atoms with Crippen LogP contribution in [-0.4, -0.2) is 88.9 Å². The first-order valence-corrected chi connectivity index (χ1v) is 11.4. The molecule has 0 heterocycles. The highest BCUT2D eigenvalue weighted by Crippen LogP contribution is 2.16. The van der Waals surface area contributed by atoms with E-state index in [-0.39, 0.29) is 81.8 Å². The summed E-state index contributed by atoms with van der Waals surface area (Å²) in [4.78, 5) is 46.8. The molecule has 0 rings (SSSR count). The van der Waals surface area contributed by atoms with Crippen molar-refractivity contribution in [2.24, 2.45) is 0 Å². The van der Waals surface area contributed by atoms with Gasteiger partial charge in [0.15, 0.2) is 0 Å². The second kappa shape index (κ2) is 18.0. The number of esters is 4. The smallest absolute Gasteiger partial charge is 0.333 e. The van der Waals surface area contributed by atoms with Crippen LogP contribution < -0.4 is 0 Å². The van der Waals surface area contributed by atoms with Gasteiger partial charge in [-0.3, -0.25) is 0 Å². The molecule has 0 aliphatic heterocycles. The Bertz CT molecular complexity index is 821. The Morgan fingerprint density at radius 1 is 0.486 bits per heavy atom. The zero-order valence-electron chi connectivity index (χ0n) is 22.2. The van der Waals surface area contributed by atoms with Gasteiger partial charge < -0.3 is 33.2 Å². The highest BCUT2D eigenvalue weighted by atomic mass is 16.6. The molecule has 0 atom stereocenters. The molecular formula is C26H38O11. The van der Waals surface area contributed by atoms with E-state index in [1.807, 2.05) is 0 Å². The molecule has 0 aliphatic carbocycles. The number of hydrogen-bond acceptors (Lipinski definition) is 11. The Labute approximate surface area is 218 Å². The van der Waals surface area contributed by atoms with Gasteiger partial charge in [0, 0.05) is 22.3 Å². The van der Waals surface area contributed by atoms with Crippen LogP contribution in [0.5, 0.6) is 0 Å². The summed E-state index contributed by atoms with van der Waals surface area (Å²) >= 11 is 0. The molecular weight excluding hydrogens is 488 g/mol. The highest BCUT2D eigenvalue weighted by Gasteiger charge is 2.35. The second-order valence-corrected chi connectivity index (χ2v) is 8.24. The van der Waals surface area contributed by atoms with Gasteiger partial charge in [-0.15, -0.1) is 0 Å². The number of ether oxygens (including phenoxy) is 7. The van der Waals surface area contributed by atoms with Crippen molar-refractivity contribution in [1.82, 2.24) is 0 Å². The van der Waals surface area contributed by atoms with Gasteiger partial charge in [-0.25, -0.2) is 19.2 Å². The molecule has 0 bridgehead atoms. The molecule has 0 unspecified atom stereocenters. The summed E-state index contributed by atoms with van der Waals surface area (Å²) in [5, 5.41) is 0. The standard InChI is InChI=1S/C26H38O11/c1-18(2)22(27)33-11-9-31-15-26(17-36-25(30)21(7)8,37-14-13-35-24(29)20(5)6)16-32-10-12-34-23(28)19(3)4/h1,3,5,7,9-17H2,2,4,6,8H3. The molecule has 0 radical (unpaired) electrons. The van der Waals surface area contributed by atoms with Crippen LogP contribution in [0, 0.1) is 0 Å². The van der Waals surface area contributed by atoms with E-state index in [9.17, 15) is 19.2 Å². The molecule has 37 heavy (non-hydrogen) atoms. The van der Waals surface area contributed by atoms with Crippen molar-refractivity contribution >= 4 is 23.9 Å². The third-order valence-corrected chi connectivity index (χ3v) is 4.24. The van der Waals surface area contributed by atoms with Crippen molar-refractivity contribution in [3.05, 3.63) is 48.6 Å². The Hall–Kier alpha value is -3.28. The fourth-order valence-electron chi connectivity index (χ4n) is 2.24. The lowest BCUT2D eigenvalue weighted by molar-refractivity contribution is -0.184. The molecule has 0 saturated carbocycles.